The van der Waals surface area contributed by atoms with Crippen LogP contribution in [0.4, 0.5) is 13.6 Å². The maximum Gasteiger partial charge on any atom is 0.317 e. The van der Waals surface area contributed by atoms with E-state index >= 15 is 0 Å². The van der Waals surface area contributed by atoms with Gasteiger partial charge in [0.25, 0.3) is 0 Å². The van der Waals surface area contributed by atoms with Crippen LogP contribution in [-0.2, 0) is 16.6 Å². The summed E-state index contributed by atoms with van der Waals surface area (Å²) in [4.78, 5) is 27.2. The largest absolute Gasteiger partial charge is 0.328 e. The molecule has 1 saturated heterocycles. The van der Waals surface area contributed by atoms with E-state index < -0.39 is 35.6 Å². The van der Waals surface area contributed by atoms with Gasteiger partial charge < -0.3 is 10.2 Å². The van der Waals surface area contributed by atoms with E-state index in [-0.39, 0.29) is 11.8 Å². The average Bonchev–Trinajstić information content (AvgIpc) is 3.42. The van der Waals surface area contributed by atoms with E-state index in [9.17, 15) is 23.6 Å². The van der Waals surface area contributed by atoms with Gasteiger partial charge >= 0.3 is 6.03 Å². The molecule has 1 spiro atoms. The molecule has 5 nitrogen and oxygen atoms in total. The van der Waals surface area contributed by atoms with Crippen molar-refractivity contribution in [3.63, 3.8) is 0 Å². The second kappa shape index (κ2) is 7.89. The minimum Gasteiger partial charge on any atom is -0.328 e. The molecule has 1 N–H and O–H groups in total. The van der Waals surface area contributed by atoms with E-state index in [1.165, 1.54) is 11.1 Å². The number of nitrogens with zero attached hydrogens (tertiary/aromatic N) is 2. The van der Waals surface area contributed by atoms with Crippen LogP contribution in [0.5, 0.6) is 0 Å². The summed E-state index contributed by atoms with van der Waals surface area (Å²) >= 11 is 0. The van der Waals surface area contributed by atoms with Gasteiger partial charge in [0.05, 0.1) is 17.5 Å². The predicted octanol–water partition coefficient (Wildman–Crippen LogP) is 4.35. The number of carbonyl (C=O) groups excluding carboxylic acids is 2. The van der Waals surface area contributed by atoms with E-state index in [2.05, 4.69) is 35.7 Å². The zero-order valence-electron chi connectivity index (χ0n) is 17.9. The lowest BCUT2D eigenvalue weighted by atomic mass is 9.74. The minimum atomic E-state index is -3.09. The number of carbonyl (C=O) groups is 2. The van der Waals surface area contributed by atoms with Crippen molar-refractivity contribution in [2.24, 2.45) is 5.41 Å². The highest BCUT2D eigenvalue weighted by Gasteiger charge is 2.47. The molecule has 166 valence electrons. The second-order valence-corrected chi connectivity index (χ2v) is 9.74. The smallest absolute Gasteiger partial charge is 0.317 e. The van der Waals surface area contributed by atoms with Crippen molar-refractivity contribution >= 4 is 11.8 Å². The molecule has 0 aromatic heterocycles. The van der Waals surface area contributed by atoms with Gasteiger partial charge in [0.1, 0.15) is 0 Å². The Labute approximate surface area is 181 Å². The molecule has 1 aromatic rings. The van der Waals surface area contributed by atoms with E-state index in [0.29, 0.717) is 25.9 Å². The van der Waals surface area contributed by atoms with Crippen LogP contribution in [0, 0.1) is 16.7 Å². The highest BCUT2D eigenvalue weighted by atomic mass is 19.3. The number of Topliss-reactive ketones (excluding diaryl/α,β-unsaturated/α-hetero) is 1. The van der Waals surface area contributed by atoms with Gasteiger partial charge in [0, 0.05) is 25.9 Å². The molecule has 3 aliphatic rings. The molecule has 2 aliphatic carbocycles. The number of hydrogen-bond donors (Lipinski definition) is 1. The average molecular weight is 430 g/mol. The lowest BCUT2D eigenvalue weighted by Crippen LogP contribution is -2.53. The summed E-state index contributed by atoms with van der Waals surface area (Å²) in [5, 5.41) is 11.8. The number of rotatable bonds is 6. The molecule has 7 heteroatoms. The topological polar surface area (TPSA) is 73.2 Å². The van der Waals surface area contributed by atoms with Gasteiger partial charge in [0.15, 0.2) is 5.78 Å². The van der Waals surface area contributed by atoms with E-state index in [4.69, 9.17) is 0 Å². The van der Waals surface area contributed by atoms with E-state index in [1.54, 1.807) is 4.90 Å². The zero-order chi connectivity index (χ0) is 22.3. The molecule has 31 heavy (non-hydrogen) atoms. The first kappa shape index (κ1) is 21.7. The van der Waals surface area contributed by atoms with Crippen molar-refractivity contribution in [3.05, 3.63) is 35.4 Å². The molecule has 2 amide bonds. The lowest BCUT2D eigenvalue weighted by molar-refractivity contribution is -0.124. The highest BCUT2D eigenvalue weighted by Crippen LogP contribution is 2.49. The fourth-order valence-corrected chi connectivity index (χ4v) is 5.20. The molecule has 0 bridgehead atoms. The predicted molar refractivity (Wildman–Crippen MR) is 112 cm³/mol. The van der Waals surface area contributed by atoms with Gasteiger partial charge in [-0.25, -0.2) is 13.6 Å². The van der Waals surface area contributed by atoms with Crippen molar-refractivity contribution in [2.75, 3.05) is 13.1 Å². The summed E-state index contributed by atoms with van der Waals surface area (Å²) in [7, 11) is 0. The Kier molecular flexibility index (Phi) is 5.53. The third-order valence-electron chi connectivity index (χ3n) is 7.32. The second-order valence-electron chi connectivity index (χ2n) is 9.74. The fraction of sp³-hybridized carbons (Fsp3) is 0.625. The molecule has 0 unspecified atom stereocenters. The number of aryl methyl sites for hydroxylation is 1. The quantitative estimate of drug-likeness (QED) is 0.731. The Morgan fingerprint density at radius 1 is 1.19 bits per heavy atom. The Hall–Kier alpha value is -2.49. The first-order valence-electron chi connectivity index (χ1n) is 11.1. The fourth-order valence-electron chi connectivity index (χ4n) is 5.20. The number of likely N-dealkylation sites (tertiary alicyclic amines) is 1. The Balaban J connectivity index is 1.39. The van der Waals surface area contributed by atoms with E-state index in [0.717, 1.165) is 32.6 Å². The summed E-state index contributed by atoms with van der Waals surface area (Å²) in [6.45, 7) is 1.82. The molecular formula is C24H29F2N3O2. The van der Waals surface area contributed by atoms with Crippen LogP contribution >= 0.6 is 0 Å². The monoisotopic (exact) mass is 429 g/mol. The van der Waals surface area contributed by atoms with Crippen molar-refractivity contribution in [1.29, 1.82) is 5.26 Å². The summed E-state index contributed by atoms with van der Waals surface area (Å²) in [5.41, 5.74) is 2.11. The first-order chi connectivity index (χ1) is 14.7. The number of hydrogen-bond acceptors (Lipinski definition) is 3. The van der Waals surface area contributed by atoms with Crippen LogP contribution in [0.2, 0.25) is 0 Å². The Morgan fingerprint density at radius 2 is 1.87 bits per heavy atom. The van der Waals surface area contributed by atoms with Crippen molar-refractivity contribution in [3.8, 4) is 6.07 Å². The van der Waals surface area contributed by atoms with Crippen LogP contribution in [-0.4, -0.2) is 41.8 Å². The minimum absolute atomic E-state index is 0.0789. The first-order valence-corrected chi connectivity index (χ1v) is 11.1. The number of alkyl halides is 2. The number of nitriles is 1. The highest BCUT2D eigenvalue weighted by molar-refractivity contribution is 5.89. The number of piperidine rings is 1. The number of amides is 2. The van der Waals surface area contributed by atoms with Crippen molar-refractivity contribution in [1.82, 2.24) is 10.2 Å². The van der Waals surface area contributed by atoms with Gasteiger partial charge in [-0.3, -0.25) is 4.79 Å². The van der Waals surface area contributed by atoms with Gasteiger partial charge in [0.2, 0.25) is 5.92 Å². The molecule has 1 atom stereocenters. The zero-order valence-corrected chi connectivity index (χ0v) is 17.9. The lowest BCUT2D eigenvalue weighted by Gasteiger charge is -2.40. The van der Waals surface area contributed by atoms with Gasteiger partial charge in [-0.15, -0.1) is 0 Å². The summed E-state index contributed by atoms with van der Waals surface area (Å²) in [5.74, 6) is -3.57. The van der Waals surface area contributed by atoms with Crippen LogP contribution in [0.1, 0.15) is 63.0 Å². The van der Waals surface area contributed by atoms with Gasteiger partial charge in [-0.2, -0.15) is 5.26 Å². The molecule has 1 heterocycles. The van der Waals surface area contributed by atoms with Gasteiger partial charge in [-0.05, 0) is 62.0 Å². The molecule has 2 fully saturated rings. The van der Waals surface area contributed by atoms with Crippen molar-refractivity contribution in [2.45, 2.75) is 75.7 Å². The Bertz CT molecular complexity index is 906. The van der Waals surface area contributed by atoms with Crippen LogP contribution < -0.4 is 5.32 Å². The number of ketones is 1. The van der Waals surface area contributed by atoms with Crippen LogP contribution in [0.25, 0.3) is 0 Å². The standard InChI is InChI=1S/C24H29F2N3O2/c1-22(25,26)14-19(20(30)15-23(16-27)8-9-23)28-21(31)29-12-10-24(11-13-29)7-6-17-4-2-3-5-18(17)24/h2-5,19H,6-15H2,1H3,(H,28,31)/t19-/m0/s1. The summed E-state index contributed by atoms with van der Waals surface area (Å²) < 4.78 is 27.4. The van der Waals surface area contributed by atoms with Gasteiger partial charge in [-0.1, -0.05) is 24.3 Å². The van der Waals surface area contributed by atoms with Crippen molar-refractivity contribution < 1.29 is 18.4 Å². The van der Waals surface area contributed by atoms with Crippen LogP contribution in [0.15, 0.2) is 24.3 Å². The number of urea groups is 1. The maximum atomic E-state index is 13.7. The number of fused-ring (bicyclic) bond motifs is 2. The Morgan fingerprint density at radius 3 is 2.48 bits per heavy atom. The van der Waals surface area contributed by atoms with Crippen LogP contribution in [0.3, 0.4) is 0 Å². The third-order valence-corrected chi connectivity index (χ3v) is 7.32. The molecular weight excluding hydrogens is 400 g/mol. The number of nitrogens with one attached hydrogen (secondary N) is 1. The molecule has 0 radical (unpaired) electrons. The maximum absolute atomic E-state index is 13.7. The number of benzene rings is 1. The molecule has 1 aliphatic heterocycles. The van der Waals surface area contributed by atoms with E-state index in [1.807, 2.05) is 0 Å². The summed E-state index contributed by atoms with van der Waals surface area (Å²) in [6, 6.07) is 8.83. The third kappa shape index (κ3) is 4.58. The number of halogens is 2. The SMILES string of the molecule is CC(F)(F)C[C@H](NC(=O)N1CCC2(CCc3ccccc32)CC1)C(=O)CC1(C#N)CC1. The summed E-state index contributed by atoms with van der Waals surface area (Å²) in [6.07, 6.45) is 4.16. The molecule has 4 rings (SSSR count). The molecule has 1 aromatic carbocycles. The normalized spacial score (nSPS) is 21.8. The molecule has 1 saturated carbocycles.